The number of hydrogen-bond acceptors (Lipinski definition) is 3. The first kappa shape index (κ1) is 28.0. The zero-order chi connectivity index (χ0) is 22.4. The average Bonchev–Trinajstić information content (AvgIpc) is 2.48. The molecule has 166 valence electrons. The topological polar surface area (TPSA) is 18.8 Å². The quantitative estimate of drug-likeness (QED) is 0.190. The van der Waals surface area contributed by atoms with Gasteiger partial charge in [0.25, 0.3) is 0 Å². The lowest BCUT2D eigenvalue weighted by molar-refractivity contribution is 0.260. The highest BCUT2D eigenvalue weighted by atomic mass is 31.1. The Balaban J connectivity index is 6.42. The summed E-state index contributed by atoms with van der Waals surface area (Å²) >= 11 is 0. The zero-order valence-electron chi connectivity index (χ0n) is 21.4. The minimum Gasteiger partial charge on any atom is -0.282 e. The third-order valence-corrected chi connectivity index (χ3v) is 15.0. The van der Waals surface area contributed by atoms with Gasteiger partial charge in [0.15, 0.2) is 0 Å². The van der Waals surface area contributed by atoms with Gasteiger partial charge in [0, 0.05) is 30.0 Å². The van der Waals surface area contributed by atoms with E-state index in [0.717, 1.165) is 0 Å². The summed E-state index contributed by atoms with van der Waals surface area (Å²) in [5.41, 5.74) is 1.87. The molecule has 0 aromatic carbocycles. The molecular weight excluding hydrogens is 377 g/mol. The second kappa shape index (κ2) is 12.0. The largest absolute Gasteiger partial charge is 0.282 e. The van der Waals surface area contributed by atoms with Gasteiger partial charge in [0.2, 0.25) is 8.24 Å². The molecule has 0 aliphatic heterocycles. The molecule has 28 heavy (non-hydrogen) atoms. The summed E-state index contributed by atoms with van der Waals surface area (Å²) in [5.74, 6) is 5.88. The second-order valence-electron chi connectivity index (χ2n) is 10.2. The predicted octanol–water partition coefficient (Wildman–Crippen LogP) is 7.89. The van der Waals surface area contributed by atoms with Gasteiger partial charge in [-0.25, -0.2) is 0 Å². The van der Waals surface area contributed by atoms with Gasteiger partial charge in [-0.2, -0.15) is 0 Å². The Morgan fingerprint density at radius 1 is 0.607 bits per heavy atom. The lowest BCUT2D eigenvalue weighted by Crippen LogP contribution is -2.43. The van der Waals surface area contributed by atoms with Crippen LogP contribution in [0.4, 0.5) is 0 Å². The zero-order valence-corrected chi connectivity index (χ0v) is 23.3. The predicted molar refractivity (Wildman–Crippen MR) is 134 cm³/mol. The summed E-state index contributed by atoms with van der Waals surface area (Å²) in [4.78, 5) is 0. The normalized spacial score (nSPS) is 13.6. The van der Waals surface area contributed by atoms with Crippen molar-refractivity contribution in [1.82, 2.24) is 9.34 Å². The lowest BCUT2D eigenvalue weighted by atomic mass is 10.3. The summed E-state index contributed by atoms with van der Waals surface area (Å²) in [6.45, 7) is 32.7. The molecule has 0 spiro atoms. The molecule has 0 unspecified atom stereocenters. The van der Waals surface area contributed by atoms with Gasteiger partial charge in [-0.05, 0) is 77.9 Å². The molecule has 0 fully saturated rings. The summed E-state index contributed by atoms with van der Waals surface area (Å²) in [5, 5.41) is 0. The summed E-state index contributed by atoms with van der Waals surface area (Å²) in [6, 6.07) is 1.97. The minimum atomic E-state index is -1.82. The van der Waals surface area contributed by atoms with Crippen molar-refractivity contribution in [2.24, 2.45) is 4.66 Å². The van der Waals surface area contributed by atoms with Crippen molar-refractivity contribution in [2.45, 2.75) is 138 Å². The van der Waals surface area contributed by atoms with Crippen LogP contribution in [0, 0.1) is 0 Å². The number of nitrogens with zero attached hydrogens (tertiary/aromatic N) is 3. The molecule has 0 aliphatic rings. The van der Waals surface area contributed by atoms with Crippen molar-refractivity contribution in [3.8, 4) is 0 Å². The standard InChI is InChI=1S/C23H50N3PSi/c1-17(2)25(18(3)4)27(26(19(5)6)20(7)8)16-15-24-28(21(9)10,22(11)12)23(13)14/h16-23H,1-14H3. The van der Waals surface area contributed by atoms with Gasteiger partial charge in [-0.1, -0.05) is 41.5 Å². The van der Waals surface area contributed by atoms with Crippen LogP contribution in [0.3, 0.4) is 0 Å². The Morgan fingerprint density at radius 3 is 1.11 bits per heavy atom. The van der Waals surface area contributed by atoms with Crippen LogP contribution in [0.1, 0.15) is 96.9 Å². The van der Waals surface area contributed by atoms with E-state index in [2.05, 4.69) is 118 Å². The van der Waals surface area contributed by atoms with Crippen molar-refractivity contribution < 1.29 is 0 Å². The Bertz CT molecular complexity index is 448. The van der Waals surface area contributed by atoms with Gasteiger partial charge >= 0.3 is 0 Å². The number of hydrogen-bond donors (Lipinski definition) is 0. The molecule has 0 aliphatic carbocycles. The first-order chi connectivity index (χ1) is 12.7. The molecule has 0 radical (unpaired) electrons. The summed E-state index contributed by atoms with van der Waals surface area (Å²) in [6.07, 6.45) is 0. The van der Waals surface area contributed by atoms with Crippen LogP contribution < -0.4 is 0 Å². The SMILES string of the molecule is CC(C)N(C(C)C)P(C=C=N[Si](C(C)C)(C(C)C)C(C)C)N(C(C)C)C(C)C. The van der Waals surface area contributed by atoms with Crippen LogP contribution in [0.15, 0.2) is 10.5 Å². The molecule has 0 amide bonds. The molecule has 0 bridgehead atoms. The van der Waals surface area contributed by atoms with Crippen molar-refractivity contribution in [1.29, 1.82) is 0 Å². The molecule has 0 saturated heterocycles. The van der Waals surface area contributed by atoms with E-state index in [1.165, 1.54) is 0 Å². The number of rotatable bonds is 11. The van der Waals surface area contributed by atoms with Gasteiger partial charge in [0.05, 0.1) is 8.22 Å². The maximum atomic E-state index is 5.29. The van der Waals surface area contributed by atoms with Gasteiger partial charge in [0.1, 0.15) is 0 Å². The van der Waals surface area contributed by atoms with Crippen LogP contribution in [-0.4, -0.2) is 47.6 Å². The van der Waals surface area contributed by atoms with E-state index in [1.54, 1.807) is 0 Å². The highest BCUT2D eigenvalue weighted by Gasteiger charge is 2.43. The highest BCUT2D eigenvalue weighted by Crippen LogP contribution is 2.50. The van der Waals surface area contributed by atoms with E-state index >= 15 is 0 Å². The maximum absolute atomic E-state index is 5.29. The maximum Gasteiger partial charge on any atom is 0.201 e. The molecule has 5 heteroatoms. The monoisotopic (exact) mass is 427 g/mol. The van der Waals surface area contributed by atoms with Crippen LogP contribution in [0.5, 0.6) is 0 Å². The van der Waals surface area contributed by atoms with Gasteiger partial charge in [-0.3, -0.25) is 14.0 Å². The fourth-order valence-electron chi connectivity index (χ4n) is 4.97. The van der Waals surface area contributed by atoms with Crippen LogP contribution in [0.2, 0.25) is 16.6 Å². The van der Waals surface area contributed by atoms with E-state index in [9.17, 15) is 0 Å². The van der Waals surface area contributed by atoms with E-state index in [4.69, 9.17) is 4.66 Å². The second-order valence-corrected chi connectivity index (χ2v) is 17.5. The third kappa shape index (κ3) is 6.78. The third-order valence-electron chi connectivity index (χ3n) is 5.80. The molecule has 0 rings (SSSR count). The minimum absolute atomic E-state index is 0.492. The van der Waals surface area contributed by atoms with Crippen LogP contribution in [-0.2, 0) is 0 Å². The van der Waals surface area contributed by atoms with E-state index in [0.29, 0.717) is 40.8 Å². The van der Waals surface area contributed by atoms with Crippen LogP contribution >= 0.6 is 8.22 Å². The average molecular weight is 428 g/mol. The van der Waals surface area contributed by atoms with Crippen molar-refractivity contribution in [3.63, 3.8) is 0 Å². The fourth-order valence-corrected chi connectivity index (χ4v) is 12.7. The fraction of sp³-hybridized carbons (Fsp3) is 0.913. The molecule has 0 heterocycles. The van der Waals surface area contributed by atoms with E-state index in [-0.39, 0.29) is 0 Å². The lowest BCUT2D eigenvalue weighted by Gasteiger charge is -2.45. The first-order valence-corrected chi connectivity index (χ1v) is 14.9. The summed E-state index contributed by atoms with van der Waals surface area (Å²) in [7, 11) is -2.41. The van der Waals surface area contributed by atoms with Crippen molar-refractivity contribution in [2.75, 3.05) is 0 Å². The Morgan fingerprint density at radius 2 is 0.893 bits per heavy atom. The molecule has 0 saturated carbocycles. The van der Waals surface area contributed by atoms with Gasteiger partial charge < -0.3 is 0 Å². The first-order valence-electron chi connectivity index (χ1n) is 11.4. The Kier molecular flexibility index (Phi) is 12.0. The molecule has 3 nitrogen and oxygen atoms in total. The van der Waals surface area contributed by atoms with E-state index in [1.807, 2.05) is 0 Å². The Hall–Kier alpha value is 0.0169. The van der Waals surface area contributed by atoms with Crippen molar-refractivity contribution >= 4 is 22.3 Å². The van der Waals surface area contributed by atoms with Gasteiger partial charge in [-0.15, -0.1) is 0 Å². The molecule has 0 aromatic heterocycles. The highest BCUT2D eigenvalue weighted by molar-refractivity contribution is 7.56. The molecule has 0 aromatic rings. The molecule has 0 atom stereocenters. The van der Waals surface area contributed by atoms with E-state index < -0.39 is 16.5 Å². The van der Waals surface area contributed by atoms with Crippen LogP contribution in [0.25, 0.3) is 0 Å². The smallest absolute Gasteiger partial charge is 0.201 e. The molecular formula is C23H50N3PSi. The Labute approximate surface area is 180 Å². The summed E-state index contributed by atoms with van der Waals surface area (Å²) < 4.78 is 10.6. The van der Waals surface area contributed by atoms with Crippen molar-refractivity contribution in [3.05, 3.63) is 5.82 Å². The molecule has 0 N–H and O–H groups in total.